The predicted molar refractivity (Wildman–Crippen MR) is 86.3 cm³/mol. The number of hydrogen-bond donors (Lipinski definition) is 0. The second-order valence-corrected chi connectivity index (χ2v) is 9.16. The molecule has 0 aromatic carbocycles. The molecule has 3 rings (SSSR count). The molecule has 1 aromatic rings. The van der Waals surface area contributed by atoms with Crippen LogP contribution >= 0.6 is 11.3 Å². The average molecular weight is 342 g/mol. The standard InChI is InChI=1S/C15H22N2O3S2/c1-2-17-13(18)6-8-15(17)7-4-10-16(11-9-15)22(19,20)14-5-3-12-21-14/h3,5,12H,2,4,6-11H2,1H3/t15-/m0/s1. The Kier molecular flexibility index (Phi) is 4.31. The van der Waals surface area contributed by atoms with Crippen LogP contribution in [0.1, 0.15) is 39.0 Å². The van der Waals surface area contributed by atoms with Crippen LogP contribution in [0, 0.1) is 0 Å². The van der Waals surface area contributed by atoms with Crippen molar-refractivity contribution in [2.75, 3.05) is 19.6 Å². The summed E-state index contributed by atoms with van der Waals surface area (Å²) in [6.07, 6.45) is 3.94. The highest BCUT2D eigenvalue weighted by Crippen LogP contribution is 2.39. The number of sulfonamides is 1. The Morgan fingerprint density at radius 3 is 2.77 bits per heavy atom. The van der Waals surface area contributed by atoms with Gasteiger partial charge in [0, 0.05) is 31.6 Å². The van der Waals surface area contributed by atoms with Crippen molar-refractivity contribution in [2.24, 2.45) is 0 Å². The highest BCUT2D eigenvalue weighted by Gasteiger charge is 2.45. The molecule has 2 saturated heterocycles. The zero-order valence-corrected chi connectivity index (χ0v) is 14.5. The van der Waals surface area contributed by atoms with Crippen LogP contribution in [0.3, 0.4) is 0 Å². The maximum absolute atomic E-state index is 12.7. The van der Waals surface area contributed by atoms with Gasteiger partial charge in [-0.05, 0) is 44.1 Å². The zero-order valence-electron chi connectivity index (χ0n) is 12.8. The van der Waals surface area contributed by atoms with Crippen molar-refractivity contribution in [1.82, 2.24) is 9.21 Å². The van der Waals surface area contributed by atoms with Crippen LogP contribution in [0.4, 0.5) is 0 Å². The first-order chi connectivity index (χ1) is 10.5. The minimum Gasteiger partial charge on any atom is -0.337 e. The smallest absolute Gasteiger partial charge is 0.252 e. The largest absolute Gasteiger partial charge is 0.337 e. The number of hydrogen-bond acceptors (Lipinski definition) is 4. The second-order valence-electron chi connectivity index (χ2n) is 6.05. The van der Waals surface area contributed by atoms with Crippen LogP contribution < -0.4 is 0 Å². The second kappa shape index (κ2) is 5.94. The molecule has 0 bridgehead atoms. The molecule has 7 heteroatoms. The molecular weight excluding hydrogens is 320 g/mol. The lowest BCUT2D eigenvalue weighted by Crippen LogP contribution is -2.46. The normalized spacial score (nSPS) is 27.5. The van der Waals surface area contributed by atoms with E-state index >= 15 is 0 Å². The van der Waals surface area contributed by atoms with Gasteiger partial charge in [-0.25, -0.2) is 8.42 Å². The maximum atomic E-state index is 12.7. The summed E-state index contributed by atoms with van der Waals surface area (Å²) < 4.78 is 27.4. The van der Waals surface area contributed by atoms with Crippen molar-refractivity contribution in [3.05, 3.63) is 17.5 Å². The summed E-state index contributed by atoms with van der Waals surface area (Å²) >= 11 is 1.27. The Morgan fingerprint density at radius 1 is 1.27 bits per heavy atom. The summed E-state index contributed by atoms with van der Waals surface area (Å²) in [6, 6.07) is 3.43. The highest BCUT2D eigenvalue weighted by atomic mass is 32.2. The van der Waals surface area contributed by atoms with Crippen molar-refractivity contribution >= 4 is 27.3 Å². The first-order valence-electron chi connectivity index (χ1n) is 7.84. The van der Waals surface area contributed by atoms with Gasteiger partial charge in [0.15, 0.2) is 0 Å². The van der Waals surface area contributed by atoms with Gasteiger partial charge in [0.1, 0.15) is 4.21 Å². The summed E-state index contributed by atoms with van der Waals surface area (Å²) in [5.41, 5.74) is -0.119. The Hall–Kier alpha value is -0.920. The van der Waals surface area contributed by atoms with Gasteiger partial charge in [-0.15, -0.1) is 11.3 Å². The number of nitrogens with zero attached hydrogens (tertiary/aromatic N) is 2. The van der Waals surface area contributed by atoms with Crippen LogP contribution in [-0.2, 0) is 14.8 Å². The van der Waals surface area contributed by atoms with Gasteiger partial charge >= 0.3 is 0 Å². The molecular formula is C15H22N2O3S2. The van der Waals surface area contributed by atoms with E-state index in [-0.39, 0.29) is 11.4 Å². The Bertz CT molecular complexity index is 642. The summed E-state index contributed by atoms with van der Waals surface area (Å²) in [4.78, 5) is 14.0. The number of carbonyl (C=O) groups excluding carboxylic acids is 1. The van der Waals surface area contributed by atoms with E-state index in [1.165, 1.54) is 11.3 Å². The van der Waals surface area contributed by atoms with Gasteiger partial charge in [0.05, 0.1) is 0 Å². The lowest BCUT2D eigenvalue weighted by atomic mass is 9.88. The predicted octanol–water partition coefficient (Wildman–Crippen LogP) is 2.30. The molecule has 2 aliphatic heterocycles. The van der Waals surface area contributed by atoms with Crippen LogP contribution in [0.25, 0.3) is 0 Å². The fraction of sp³-hybridized carbons (Fsp3) is 0.667. The first-order valence-corrected chi connectivity index (χ1v) is 10.2. The first kappa shape index (κ1) is 16.0. The van der Waals surface area contributed by atoms with Crippen molar-refractivity contribution < 1.29 is 13.2 Å². The zero-order chi connectivity index (χ0) is 15.8. The molecule has 2 aliphatic rings. The molecule has 1 amide bonds. The fourth-order valence-corrected chi connectivity index (χ4v) is 6.46. The van der Waals surface area contributed by atoms with Gasteiger partial charge in [0.25, 0.3) is 10.0 Å². The summed E-state index contributed by atoms with van der Waals surface area (Å²) in [5.74, 6) is 0.220. The third-order valence-electron chi connectivity index (χ3n) is 4.96. The minimum absolute atomic E-state index is 0.119. The van der Waals surface area contributed by atoms with Crippen molar-refractivity contribution in [2.45, 2.75) is 48.8 Å². The monoisotopic (exact) mass is 342 g/mol. The molecule has 122 valence electrons. The van der Waals surface area contributed by atoms with Crippen molar-refractivity contribution in [3.63, 3.8) is 0 Å². The molecule has 22 heavy (non-hydrogen) atoms. The Balaban J connectivity index is 1.80. The summed E-state index contributed by atoms with van der Waals surface area (Å²) in [7, 11) is -3.38. The minimum atomic E-state index is -3.38. The molecule has 1 atom stereocenters. The van der Waals surface area contributed by atoms with Gasteiger partial charge < -0.3 is 4.90 Å². The third kappa shape index (κ3) is 2.59. The molecule has 5 nitrogen and oxygen atoms in total. The van der Waals surface area contributed by atoms with Crippen molar-refractivity contribution in [3.8, 4) is 0 Å². The van der Waals surface area contributed by atoms with Crippen LogP contribution in [0.2, 0.25) is 0 Å². The van der Waals surface area contributed by atoms with E-state index in [2.05, 4.69) is 0 Å². The van der Waals surface area contributed by atoms with E-state index in [1.54, 1.807) is 21.8 Å². The molecule has 0 N–H and O–H groups in total. The lowest BCUT2D eigenvalue weighted by molar-refractivity contribution is -0.131. The SMILES string of the molecule is CCN1C(=O)CC[C@]12CCCN(S(=O)(=O)c1cccs1)CC2. The maximum Gasteiger partial charge on any atom is 0.252 e. The van der Waals surface area contributed by atoms with E-state index in [4.69, 9.17) is 0 Å². The number of likely N-dealkylation sites (tertiary alicyclic amines) is 1. The number of amides is 1. The van der Waals surface area contributed by atoms with Gasteiger partial charge in [-0.3, -0.25) is 4.79 Å². The van der Waals surface area contributed by atoms with E-state index in [9.17, 15) is 13.2 Å². The molecule has 3 heterocycles. The molecule has 0 aliphatic carbocycles. The van der Waals surface area contributed by atoms with Crippen LogP contribution in [-0.4, -0.2) is 48.7 Å². The number of thiophene rings is 1. The van der Waals surface area contributed by atoms with Gasteiger partial charge in [0.2, 0.25) is 5.91 Å². The fourth-order valence-electron chi connectivity index (χ4n) is 3.84. The van der Waals surface area contributed by atoms with E-state index in [0.29, 0.717) is 23.7 Å². The molecule has 0 saturated carbocycles. The van der Waals surface area contributed by atoms with E-state index in [1.807, 2.05) is 11.8 Å². The quantitative estimate of drug-likeness (QED) is 0.847. The topological polar surface area (TPSA) is 57.7 Å². The Morgan fingerprint density at radius 2 is 2.09 bits per heavy atom. The third-order valence-corrected chi connectivity index (χ3v) is 8.23. The molecule has 1 spiro atoms. The van der Waals surface area contributed by atoms with E-state index in [0.717, 1.165) is 32.2 Å². The number of carbonyl (C=O) groups is 1. The van der Waals surface area contributed by atoms with Crippen LogP contribution in [0.15, 0.2) is 21.7 Å². The molecule has 0 radical (unpaired) electrons. The van der Waals surface area contributed by atoms with Gasteiger partial charge in [-0.1, -0.05) is 6.07 Å². The molecule has 2 fully saturated rings. The highest BCUT2D eigenvalue weighted by molar-refractivity contribution is 7.91. The van der Waals surface area contributed by atoms with E-state index < -0.39 is 10.0 Å². The average Bonchev–Trinajstić information content (AvgIpc) is 3.06. The molecule has 0 unspecified atom stereocenters. The number of rotatable bonds is 3. The summed E-state index contributed by atoms with van der Waals surface area (Å²) in [6.45, 7) is 3.78. The molecule has 1 aromatic heterocycles. The van der Waals surface area contributed by atoms with Crippen LogP contribution in [0.5, 0.6) is 0 Å². The van der Waals surface area contributed by atoms with Crippen molar-refractivity contribution in [1.29, 1.82) is 0 Å². The van der Waals surface area contributed by atoms with Gasteiger partial charge in [-0.2, -0.15) is 4.31 Å². The lowest BCUT2D eigenvalue weighted by Gasteiger charge is -2.37. The Labute approximate surface area is 136 Å². The summed E-state index contributed by atoms with van der Waals surface area (Å²) in [5, 5.41) is 1.79.